The summed E-state index contributed by atoms with van der Waals surface area (Å²) < 4.78 is 0. The van der Waals surface area contributed by atoms with Crippen molar-refractivity contribution in [3.8, 4) is 0 Å². The van der Waals surface area contributed by atoms with Crippen molar-refractivity contribution < 1.29 is 4.79 Å². The summed E-state index contributed by atoms with van der Waals surface area (Å²) in [5.41, 5.74) is 0.623. The van der Waals surface area contributed by atoms with Gasteiger partial charge in [-0.05, 0) is 32.4 Å². The van der Waals surface area contributed by atoms with Crippen LogP contribution in [0.2, 0.25) is 0 Å². The van der Waals surface area contributed by atoms with Gasteiger partial charge in [0.2, 0.25) is 5.91 Å². The second-order valence-electron chi connectivity index (χ2n) is 5.00. The molecule has 1 unspecified atom stereocenters. The number of benzene rings is 1. The highest BCUT2D eigenvalue weighted by Crippen LogP contribution is 2.17. The van der Waals surface area contributed by atoms with Crippen LogP contribution in [-0.4, -0.2) is 18.0 Å². The maximum atomic E-state index is 12.2. The summed E-state index contributed by atoms with van der Waals surface area (Å²) in [7, 11) is 0. The van der Waals surface area contributed by atoms with Gasteiger partial charge < -0.3 is 10.6 Å². The topological polar surface area (TPSA) is 41.1 Å². The van der Waals surface area contributed by atoms with Gasteiger partial charge in [-0.3, -0.25) is 4.79 Å². The smallest absolute Gasteiger partial charge is 0.240 e. The summed E-state index contributed by atoms with van der Waals surface area (Å²) in [4.78, 5) is 12.2. The lowest BCUT2D eigenvalue weighted by atomic mass is 10.0. The summed E-state index contributed by atoms with van der Waals surface area (Å²) in [6.07, 6.45) is 0.887. The number of rotatable bonds is 6. The zero-order valence-corrected chi connectivity index (χ0v) is 11.8. The summed E-state index contributed by atoms with van der Waals surface area (Å²) >= 11 is 0. The Hall–Kier alpha value is -1.35. The largest absolute Gasteiger partial charge is 0.348 e. The van der Waals surface area contributed by atoms with E-state index in [9.17, 15) is 4.79 Å². The molecular formula is C15H24N2O. The van der Waals surface area contributed by atoms with Crippen LogP contribution in [0.25, 0.3) is 0 Å². The van der Waals surface area contributed by atoms with E-state index in [1.807, 2.05) is 39.0 Å². The Kier molecular flexibility index (Phi) is 5.35. The van der Waals surface area contributed by atoms with Crippen molar-refractivity contribution >= 4 is 5.91 Å². The lowest BCUT2D eigenvalue weighted by molar-refractivity contribution is -0.127. The van der Waals surface area contributed by atoms with Crippen LogP contribution >= 0.6 is 0 Å². The Balaban J connectivity index is 2.73. The average molecular weight is 248 g/mol. The molecule has 0 aliphatic rings. The highest BCUT2D eigenvalue weighted by molar-refractivity contribution is 5.85. The monoisotopic (exact) mass is 248 g/mol. The van der Waals surface area contributed by atoms with Gasteiger partial charge in [0, 0.05) is 0 Å². The van der Waals surface area contributed by atoms with Crippen molar-refractivity contribution in [2.24, 2.45) is 0 Å². The fraction of sp³-hybridized carbons (Fsp3) is 0.533. The predicted molar refractivity (Wildman–Crippen MR) is 75.4 cm³/mol. The fourth-order valence-electron chi connectivity index (χ4n) is 1.97. The number of carbonyl (C=O) groups is 1. The van der Waals surface area contributed by atoms with Crippen LogP contribution in [-0.2, 0) is 4.79 Å². The second-order valence-corrected chi connectivity index (χ2v) is 5.00. The van der Waals surface area contributed by atoms with Crippen molar-refractivity contribution in [2.75, 3.05) is 6.54 Å². The van der Waals surface area contributed by atoms with E-state index in [2.05, 4.69) is 29.7 Å². The van der Waals surface area contributed by atoms with Crippen molar-refractivity contribution in [2.45, 2.75) is 45.7 Å². The molecule has 3 heteroatoms. The number of carbonyl (C=O) groups excluding carboxylic acids is 1. The van der Waals surface area contributed by atoms with E-state index in [-0.39, 0.29) is 11.9 Å². The van der Waals surface area contributed by atoms with Gasteiger partial charge in [-0.2, -0.15) is 0 Å². The second kappa shape index (κ2) is 6.55. The Labute approximate surface area is 110 Å². The van der Waals surface area contributed by atoms with Crippen molar-refractivity contribution in [3.63, 3.8) is 0 Å². The van der Waals surface area contributed by atoms with Crippen LogP contribution in [0, 0.1) is 0 Å². The normalized spacial score (nSPS) is 13.1. The van der Waals surface area contributed by atoms with E-state index in [1.165, 1.54) is 0 Å². The molecule has 1 atom stereocenters. The summed E-state index contributed by atoms with van der Waals surface area (Å²) in [6, 6.07) is 10.2. The quantitative estimate of drug-likeness (QED) is 0.812. The molecule has 0 saturated heterocycles. The molecular weight excluding hydrogens is 224 g/mol. The third-order valence-corrected chi connectivity index (χ3v) is 3.10. The molecule has 0 aliphatic carbocycles. The molecule has 18 heavy (non-hydrogen) atoms. The first kappa shape index (κ1) is 14.7. The molecule has 0 spiro atoms. The van der Waals surface area contributed by atoms with Gasteiger partial charge >= 0.3 is 0 Å². The minimum Gasteiger partial charge on any atom is -0.348 e. The maximum absolute atomic E-state index is 12.2. The molecule has 1 aromatic rings. The lowest BCUT2D eigenvalue weighted by Crippen LogP contribution is -2.53. The molecule has 0 aromatic heterocycles. The molecule has 1 rings (SSSR count). The molecule has 0 bridgehead atoms. The van der Waals surface area contributed by atoms with E-state index >= 15 is 0 Å². The lowest BCUT2D eigenvalue weighted by Gasteiger charge is -2.28. The van der Waals surface area contributed by atoms with E-state index < -0.39 is 5.54 Å². The van der Waals surface area contributed by atoms with Gasteiger partial charge in [0.05, 0.1) is 11.6 Å². The molecule has 1 amide bonds. The zero-order valence-electron chi connectivity index (χ0n) is 11.8. The molecule has 0 fully saturated rings. The molecule has 0 saturated carbocycles. The van der Waals surface area contributed by atoms with Crippen LogP contribution in [0.4, 0.5) is 0 Å². The first-order chi connectivity index (χ1) is 8.51. The van der Waals surface area contributed by atoms with Crippen molar-refractivity contribution in [1.82, 2.24) is 10.6 Å². The van der Waals surface area contributed by atoms with Gasteiger partial charge in [-0.25, -0.2) is 0 Å². The minimum absolute atomic E-state index is 0.0417. The number of hydrogen-bond donors (Lipinski definition) is 2. The first-order valence-electron chi connectivity index (χ1n) is 6.62. The Morgan fingerprint density at radius 1 is 1.22 bits per heavy atom. The SMILES string of the molecule is CCNC(C)(C)C(=O)NC(CC)c1ccccc1. The van der Waals surface area contributed by atoms with Crippen LogP contribution in [0.5, 0.6) is 0 Å². The highest BCUT2D eigenvalue weighted by atomic mass is 16.2. The summed E-state index contributed by atoms with van der Waals surface area (Å²) in [6.45, 7) is 8.68. The molecule has 0 aliphatic heterocycles. The molecule has 2 N–H and O–H groups in total. The number of amides is 1. The third kappa shape index (κ3) is 3.84. The Morgan fingerprint density at radius 2 is 1.83 bits per heavy atom. The van der Waals surface area contributed by atoms with Crippen molar-refractivity contribution in [3.05, 3.63) is 35.9 Å². The summed E-state index contributed by atoms with van der Waals surface area (Å²) in [5, 5.41) is 6.30. The van der Waals surface area contributed by atoms with Gasteiger partial charge in [0.25, 0.3) is 0 Å². The van der Waals surface area contributed by atoms with E-state index in [0.29, 0.717) is 0 Å². The van der Waals surface area contributed by atoms with Crippen LogP contribution in [0.3, 0.4) is 0 Å². The van der Waals surface area contributed by atoms with Crippen molar-refractivity contribution in [1.29, 1.82) is 0 Å². The van der Waals surface area contributed by atoms with Crippen LogP contribution < -0.4 is 10.6 Å². The predicted octanol–water partition coefficient (Wildman–Crippen LogP) is 2.64. The van der Waals surface area contributed by atoms with Gasteiger partial charge in [-0.15, -0.1) is 0 Å². The van der Waals surface area contributed by atoms with E-state index in [1.54, 1.807) is 0 Å². The molecule has 3 nitrogen and oxygen atoms in total. The standard InChI is InChI=1S/C15H24N2O/c1-5-13(12-10-8-7-9-11-12)17-14(18)15(3,4)16-6-2/h7-11,13,16H,5-6H2,1-4H3,(H,17,18). The first-order valence-corrected chi connectivity index (χ1v) is 6.62. The molecule has 0 radical (unpaired) electrons. The van der Waals surface area contributed by atoms with Crippen LogP contribution in [0.1, 0.15) is 45.7 Å². The molecule has 100 valence electrons. The number of likely N-dealkylation sites (N-methyl/N-ethyl adjacent to an activating group) is 1. The Bertz CT molecular complexity index is 373. The maximum Gasteiger partial charge on any atom is 0.240 e. The van der Waals surface area contributed by atoms with E-state index in [0.717, 1.165) is 18.5 Å². The third-order valence-electron chi connectivity index (χ3n) is 3.10. The molecule has 1 aromatic carbocycles. The van der Waals surface area contributed by atoms with Gasteiger partial charge in [0.1, 0.15) is 0 Å². The highest BCUT2D eigenvalue weighted by Gasteiger charge is 2.27. The fourth-order valence-corrected chi connectivity index (χ4v) is 1.97. The van der Waals surface area contributed by atoms with Crippen LogP contribution in [0.15, 0.2) is 30.3 Å². The zero-order chi connectivity index (χ0) is 13.6. The summed E-state index contributed by atoms with van der Waals surface area (Å²) in [5.74, 6) is 0.0417. The number of hydrogen-bond acceptors (Lipinski definition) is 2. The average Bonchev–Trinajstić information content (AvgIpc) is 2.36. The van der Waals surface area contributed by atoms with E-state index in [4.69, 9.17) is 0 Å². The number of nitrogens with one attached hydrogen (secondary N) is 2. The van der Waals surface area contributed by atoms with Gasteiger partial charge in [-0.1, -0.05) is 44.2 Å². The Morgan fingerprint density at radius 3 is 2.33 bits per heavy atom. The minimum atomic E-state index is -0.531. The van der Waals surface area contributed by atoms with Gasteiger partial charge in [0.15, 0.2) is 0 Å². The molecule has 0 heterocycles.